The Hall–Kier alpha value is -4.07. The van der Waals surface area contributed by atoms with Crippen LogP contribution in [-0.2, 0) is 11.2 Å². The lowest BCUT2D eigenvalue weighted by Crippen LogP contribution is -2.26. The summed E-state index contributed by atoms with van der Waals surface area (Å²) >= 11 is 0. The van der Waals surface area contributed by atoms with E-state index >= 15 is 0 Å². The van der Waals surface area contributed by atoms with Crippen molar-refractivity contribution in [3.05, 3.63) is 57.6 Å². The maximum absolute atomic E-state index is 13.4. The lowest BCUT2D eigenvalue weighted by atomic mass is 9.77. The number of aromatic hydroxyl groups is 4. The van der Waals surface area contributed by atoms with Gasteiger partial charge in [0.25, 0.3) is 0 Å². The third-order valence-electron chi connectivity index (χ3n) is 5.32. The van der Waals surface area contributed by atoms with Crippen LogP contribution in [0.2, 0.25) is 0 Å². The summed E-state index contributed by atoms with van der Waals surface area (Å²) in [5.74, 6) is -5.07. The number of esters is 1. The van der Waals surface area contributed by atoms with E-state index in [4.69, 9.17) is 4.74 Å². The molecule has 0 aromatic heterocycles. The fourth-order valence-corrected chi connectivity index (χ4v) is 3.97. The summed E-state index contributed by atoms with van der Waals surface area (Å²) in [5.41, 5.74) is -1.85. The molecule has 152 valence electrons. The number of ketones is 2. The molecule has 1 aliphatic carbocycles. The Morgan fingerprint density at radius 1 is 0.900 bits per heavy atom. The molecule has 0 heterocycles. The SMILES string of the molecule is CCc1cc(O)c2c(c1C(=O)OC)C(=O)c1c(c(O)c3c(O)cccc3c1O)C2=O. The van der Waals surface area contributed by atoms with Crippen LogP contribution in [0.25, 0.3) is 10.8 Å². The number of carbonyl (C=O) groups excluding carboxylic acids is 3. The van der Waals surface area contributed by atoms with Crippen molar-refractivity contribution in [3.8, 4) is 23.0 Å². The van der Waals surface area contributed by atoms with E-state index in [1.807, 2.05) is 0 Å². The standard InChI is InChI=1S/C22H16O8/c1-3-8-7-11(24)14-15(12(8)22(29)30-2)21(28)16-17(20(14)27)19(26)13-9(18(16)25)5-4-6-10(13)23/h4-7,23-26H,3H2,1-2H3. The number of ether oxygens (including phenoxy) is 1. The molecule has 1 aliphatic rings. The average molecular weight is 408 g/mol. The molecular formula is C22H16O8. The van der Waals surface area contributed by atoms with Gasteiger partial charge in [-0.25, -0.2) is 4.79 Å². The lowest BCUT2D eigenvalue weighted by molar-refractivity contribution is 0.0596. The Bertz CT molecular complexity index is 1300. The molecule has 3 aromatic carbocycles. The zero-order valence-corrected chi connectivity index (χ0v) is 15.9. The molecule has 0 saturated carbocycles. The highest BCUT2D eigenvalue weighted by atomic mass is 16.5. The van der Waals surface area contributed by atoms with E-state index in [1.54, 1.807) is 6.92 Å². The third-order valence-corrected chi connectivity index (χ3v) is 5.32. The summed E-state index contributed by atoms with van der Waals surface area (Å²) in [6.07, 6.45) is 0.252. The van der Waals surface area contributed by atoms with Gasteiger partial charge in [0.1, 0.15) is 23.0 Å². The summed E-state index contributed by atoms with van der Waals surface area (Å²) in [4.78, 5) is 39.1. The van der Waals surface area contributed by atoms with E-state index in [0.717, 1.165) is 7.11 Å². The second kappa shape index (κ2) is 6.48. The van der Waals surface area contributed by atoms with Gasteiger partial charge in [0.15, 0.2) is 5.78 Å². The zero-order chi connectivity index (χ0) is 21.9. The van der Waals surface area contributed by atoms with Crippen LogP contribution in [0.3, 0.4) is 0 Å². The third kappa shape index (κ3) is 2.30. The number of hydrogen-bond donors (Lipinski definition) is 4. The number of rotatable bonds is 2. The molecule has 8 nitrogen and oxygen atoms in total. The van der Waals surface area contributed by atoms with E-state index in [-0.39, 0.29) is 28.3 Å². The van der Waals surface area contributed by atoms with Crippen LogP contribution < -0.4 is 0 Å². The molecule has 0 bridgehead atoms. The Balaban J connectivity index is 2.20. The van der Waals surface area contributed by atoms with E-state index in [0.29, 0.717) is 0 Å². The fraction of sp³-hybridized carbons (Fsp3) is 0.136. The number of methoxy groups -OCH3 is 1. The fourth-order valence-electron chi connectivity index (χ4n) is 3.97. The second-order valence-corrected chi connectivity index (χ2v) is 6.83. The molecule has 0 saturated heterocycles. The van der Waals surface area contributed by atoms with Gasteiger partial charge in [0, 0.05) is 5.39 Å². The van der Waals surface area contributed by atoms with Crippen molar-refractivity contribution >= 4 is 28.3 Å². The second-order valence-electron chi connectivity index (χ2n) is 6.83. The molecule has 0 radical (unpaired) electrons. The predicted molar refractivity (Wildman–Crippen MR) is 105 cm³/mol. The number of fused-ring (bicyclic) bond motifs is 3. The van der Waals surface area contributed by atoms with Crippen LogP contribution in [0.1, 0.15) is 54.7 Å². The van der Waals surface area contributed by atoms with E-state index in [1.165, 1.54) is 24.3 Å². The number of carbonyl (C=O) groups is 3. The van der Waals surface area contributed by atoms with Crippen LogP contribution in [0.15, 0.2) is 24.3 Å². The maximum atomic E-state index is 13.4. The first kappa shape index (κ1) is 19.3. The molecule has 0 spiro atoms. The molecule has 4 rings (SSSR count). The Kier molecular flexibility index (Phi) is 4.16. The minimum atomic E-state index is -0.970. The van der Waals surface area contributed by atoms with Gasteiger partial charge in [-0.2, -0.15) is 0 Å². The molecule has 8 heteroatoms. The predicted octanol–water partition coefficient (Wildman–Crippen LogP) is 2.79. The van der Waals surface area contributed by atoms with Crippen LogP contribution in [0.4, 0.5) is 0 Å². The van der Waals surface area contributed by atoms with Gasteiger partial charge in [-0.15, -0.1) is 0 Å². The van der Waals surface area contributed by atoms with Crippen LogP contribution in [0, 0.1) is 0 Å². The number of aryl methyl sites for hydroxylation is 1. The highest BCUT2D eigenvalue weighted by Gasteiger charge is 2.41. The number of benzene rings is 3. The largest absolute Gasteiger partial charge is 0.507 e. The Morgan fingerprint density at radius 3 is 2.17 bits per heavy atom. The molecule has 0 aliphatic heterocycles. The topological polar surface area (TPSA) is 141 Å². The van der Waals surface area contributed by atoms with Crippen molar-refractivity contribution in [3.63, 3.8) is 0 Å². The van der Waals surface area contributed by atoms with Crippen molar-refractivity contribution in [1.82, 2.24) is 0 Å². The van der Waals surface area contributed by atoms with Crippen molar-refractivity contribution in [1.29, 1.82) is 0 Å². The van der Waals surface area contributed by atoms with Gasteiger partial charge in [0.05, 0.1) is 40.3 Å². The van der Waals surface area contributed by atoms with Gasteiger partial charge in [-0.1, -0.05) is 19.1 Å². The van der Waals surface area contributed by atoms with Crippen LogP contribution in [0.5, 0.6) is 23.0 Å². The summed E-state index contributed by atoms with van der Waals surface area (Å²) in [6, 6.07) is 5.19. The summed E-state index contributed by atoms with van der Waals surface area (Å²) in [5, 5.41) is 41.8. The molecular weight excluding hydrogens is 392 g/mol. The highest BCUT2D eigenvalue weighted by molar-refractivity contribution is 6.35. The Morgan fingerprint density at radius 2 is 1.53 bits per heavy atom. The first-order chi connectivity index (χ1) is 14.2. The molecule has 30 heavy (non-hydrogen) atoms. The molecule has 3 aromatic rings. The molecule has 0 amide bonds. The minimum absolute atomic E-state index is 0.0497. The van der Waals surface area contributed by atoms with Gasteiger partial charge >= 0.3 is 5.97 Å². The van der Waals surface area contributed by atoms with E-state index in [9.17, 15) is 34.8 Å². The first-order valence-electron chi connectivity index (χ1n) is 9.00. The summed E-state index contributed by atoms with van der Waals surface area (Å²) in [7, 11) is 1.11. The highest BCUT2D eigenvalue weighted by Crippen LogP contribution is 2.48. The van der Waals surface area contributed by atoms with Gasteiger partial charge in [0.2, 0.25) is 5.78 Å². The molecule has 0 fully saturated rings. The first-order valence-corrected chi connectivity index (χ1v) is 9.00. The smallest absolute Gasteiger partial charge is 0.338 e. The molecule has 0 atom stereocenters. The average Bonchev–Trinajstić information content (AvgIpc) is 2.72. The number of hydrogen-bond acceptors (Lipinski definition) is 8. The van der Waals surface area contributed by atoms with Crippen molar-refractivity contribution in [2.75, 3.05) is 7.11 Å². The molecule has 4 N–H and O–H groups in total. The zero-order valence-electron chi connectivity index (χ0n) is 15.9. The lowest BCUT2D eigenvalue weighted by Gasteiger charge is -2.24. The van der Waals surface area contributed by atoms with Crippen molar-refractivity contribution in [2.24, 2.45) is 0 Å². The van der Waals surface area contributed by atoms with E-state index < -0.39 is 62.8 Å². The monoisotopic (exact) mass is 408 g/mol. The number of phenols is 4. The van der Waals surface area contributed by atoms with Gasteiger partial charge < -0.3 is 25.2 Å². The normalized spacial score (nSPS) is 12.6. The van der Waals surface area contributed by atoms with Gasteiger partial charge in [-0.05, 0) is 24.1 Å². The van der Waals surface area contributed by atoms with Crippen molar-refractivity contribution in [2.45, 2.75) is 13.3 Å². The van der Waals surface area contributed by atoms with Gasteiger partial charge in [-0.3, -0.25) is 9.59 Å². The quantitative estimate of drug-likeness (QED) is 0.293. The molecule has 0 unspecified atom stereocenters. The van der Waals surface area contributed by atoms with E-state index in [2.05, 4.69) is 0 Å². The number of phenolic OH excluding ortho intramolecular Hbond substituents is 4. The summed E-state index contributed by atoms with van der Waals surface area (Å²) < 4.78 is 4.77. The van der Waals surface area contributed by atoms with Crippen LogP contribution >= 0.6 is 0 Å². The minimum Gasteiger partial charge on any atom is -0.507 e. The van der Waals surface area contributed by atoms with Crippen molar-refractivity contribution < 1.29 is 39.5 Å². The Labute approximate surface area is 169 Å². The van der Waals surface area contributed by atoms with Crippen LogP contribution in [-0.4, -0.2) is 45.1 Å². The summed E-state index contributed by atoms with van der Waals surface area (Å²) in [6.45, 7) is 1.69. The maximum Gasteiger partial charge on any atom is 0.338 e.